The molecule has 1 unspecified atom stereocenters. The lowest BCUT2D eigenvalue weighted by Crippen LogP contribution is -2.27. The second-order valence-electron chi connectivity index (χ2n) is 7.59. The fourth-order valence-corrected chi connectivity index (χ4v) is 4.54. The molecule has 0 radical (unpaired) electrons. The molecule has 158 valence electrons. The summed E-state index contributed by atoms with van der Waals surface area (Å²) in [6.45, 7) is 3.94. The Hall–Kier alpha value is -2.51. The van der Waals surface area contributed by atoms with E-state index in [4.69, 9.17) is 9.15 Å². The first-order chi connectivity index (χ1) is 14.6. The first-order valence-electron chi connectivity index (χ1n) is 10.2. The lowest BCUT2D eigenvalue weighted by atomic mass is 10.1. The van der Waals surface area contributed by atoms with Gasteiger partial charge in [0.2, 0.25) is 5.91 Å². The molecule has 7 heteroatoms. The number of benzene rings is 1. The van der Waals surface area contributed by atoms with Crippen LogP contribution < -0.4 is 0 Å². The number of rotatable bonds is 8. The molecule has 2 aromatic heterocycles. The number of carbonyl (C=O) groups excluding carboxylic acids is 1. The molecule has 6 nitrogen and oxygen atoms in total. The molecule has 0 saturated carbocycles. The molecule has 1 fully saturated rings. The van der Waals surface area contributed by atoms with Crippen molar-refractivity contribution in [3.63, 3.8) is 0 Å². The number of aromatic nitrogens is 2. The molecule has 1 aliphatic rings. The van der Waals surface area contributed by atoms with Gasteiger partial charge in [-0.2, -0.15) is 0 Å². The number of thioether (sulfide) groups is 1. The van der Waals surface area contributed by atoms with Gasteiger partial charge in [-0.3, -0.25) is 4.79 Å². The van der Waals surface area contributed by atoms with Crippen LogP contribution in [0.3, 0.4) is 0 Å². The zero-order valence-electron chi connectivity index (χ0n) is 17.4. The molecule has 0 spiro atoms. The van der Waals surface area contributed by atoms with Crippen LogP contribution in [0.2, 0.25) is 0 Å². The molecule has 1 amide bonds. The van der Waals surface area contributed by atoms with Gasteiger partial charge in [0.05, 0.1) is 36.8 Å². The highest BCUT2D eigenvalue weighted by molar-refractivity contribution is 7.99. The smallest absolute Gasteiger partial charge is 0.233 e. The number of nitrogens with zero attached hydrogens (tertiary/aromatic N) is 3. The highest BCUT2D eigenvalue weighted by Gasteiger charge is 2.21. The second-order valence-corrected chi connectivity index (χ2v) is 8.53. The number of carbonyl (C=O) groups is 1. The third-order valence-corrected chi connectivity index (χ3v) is 6.21. The highest BCUT2D eigenvalue weighted by atomic mass is 32.2. The van der Waals surface area contributed by atoms with Crippen molar-refractivity contribution >= 4 is 17.7 Å². The second kappa shape index (κ2) is 9.53. The molecule has 0 bridgehead atoms. The third kappa shape index (κ3) is 4.96. The van der Waals surface area contributed by atoms with Crippen LogP contribution in [-0.2, 0) is 22.6 Å². The Bertz CT molecular complexity index is 977. The van der Waals surface area contributed by atoms with Gasteiger partial charge in [0, 0.05) is 13.7 Å². The average molecular weight is 426 g/mol. The van der Waals surface area contributed by atoms with E-state index in [9.17, 15) is 4.79 Å². The summed E-state index contributed by atoms with van der Waals surface area (Å²) in [6.07, 6.45) is 4.24. The molecule has 1 aromatic carbocycles. The maximum Gasteiger partial charge on any atom is 0.233 e. The van der Waals surface area contributed by atoms with Gasteiger partial charge in [0.1, 0.15) is 11.5 Å². The van der Waals surface area contributed by atoms with Gasteiger partial charge >= 0.3 is 0 Å². The zero-order chi connectivity index (χ0) is 20.9. The third-order valence-electron chi connectivity index (χ3n) is 5.24. The average Bonchev–Trinajstić information content (AvgIpc) is 3.49. The summed E-state index contributed by atoms with van der Waals surface area (Å²) in [5.41, 5.74) is 2.17. The fourth-order valence-electron chi connectivity index (χ4n) is 3.61. The van der Waals surface area contributed by atoms with Crippen molar-refractivity contribution in [1.82, 2.24) is 14.5 Å². The largest absolute Gasteiger partial charge is 0.464 e. The first-order valence-corrected chi connectivity index (χ1v) is 11.2. The molecular weight excluding hydrogens is 398 g/mol. The standard InChI is InChI=1S/C23H27N3O3S/c1-17-10-11-20(29-17)14-25(2)22(27)16-30-23-24-13-21(18-7-4-3-5-8-18)26(23)15-19-9-6-12-28-19/h3-5,7-8,10-11,13,19H,6,9,12,14-16H2,1-2H3. The van der Waals surface area contributed by atoms with Crippen molar-refractivity contribution in [2.24, 2.45) is 0 Å². The van der Waals surface area contributed by atoms with E-state index in [2.05, 4.69) is 21.7 Å². The molecule has 0 N–H and O–H groups in total. The van der Waals surface area contributed by atoms with Crippen LogP contribution in [0.4, 0.5) is 0 Å². The number of imidazole rings is 1. The van der Waals surface area contributed by atoms with Crippen molar-refractivity contribution in [3.05, 3.63) is 60.2 Å². The SMILES string of the molecule is Cc1ccc(CN(C)C(=O)CSc2ncc(-c3ccccc3)n2CC2CCCO2)o1. The van der Waals surface area contributed by atoms with Gasteiger partial charge in [-0.05, 0) is 37.5 Å². The van der Waals surface area contributed by atoms with Crippen LogP contribution in [0.15, 0.2) is 58.2 Å². The number of hydrogen-bond acceptors (Lipinski definition) is 5. The summed E-state index contributed by atoms with van der Waals surface area (Å²) in [4.78, 5) is 19.0. The summed E-state index contributed by atoms with van der Waals surface area (Å²) >= 11 is 1.47. The highest BCUT2D eigenvalue weighted by Crippen LogP contribution is 2.28. The maximum absolute atomic E-state index is 12.7. The van der Waals surface area contributed by atoms with E-state index < -0.39 is 0 Å². The van der Waals surface area contributed by atoms with Crippen molar-refractivity contribution in [2.45, 2.75) is 44.1 Å². The normalized spacial score (nSPS) is 16.1. The number of hydrogen-bond donors (Lipinski definition) is 0. The number of aryl methyl sites for hydroxylation is 1. The summed E-state index contributed by atoms with van der Waals surface area (Å²) < 4.78 is 13.6. The van der Waals surface area contributed by atoms with Crippen molar-refractivity contribution in [3.8, 4) is 11.3 Å². The summed E-state index contributed by atoms with van der Waals surface area (Å²) in [7, 11) is 1.80. The van der Waals surface area contributed by atoms with E-state index >= 15 is 0 Å². The van der Waals surface area contributed by atoms with Crippen LogP contribution in [0.5, 0.6) is 0 Å². The van der Waals surface area contributed by atoms with E-state index in [1.807, 2.05) is 43.5 Å². The van der Waals surface area contributed by atoms with E-state index in [-0.39, 0.29) is 12.0 Å². The minimum Gasteiger partial charge on any atom is -0.464 e. The Balaban J connectivity index is 1.46. The van der Waals surface area contributed by atoms with Crippen LogP contribution in [-0.4, -0.2) is 45.9 Å². The molecule has 1 atom stereocenters. The molecule has 30 heavy (non-hydrogen) atoms. The Kier molecular flexibility index (Phi) is 6.59. The van der Waals surface area contributed by atoms with Crippen LogP contribution >= 0.6 is 11.8 Å². The first kappa shape index (κ1) is 20.8. The minimum atomic E-state index is 0.0435. The lowest BCUT2D eigenvalue weighted by Gasteiger charge is -2.17. The van der Waals surface area contributed by atoms with Gasteiger partial charge in [-0.25, -0.2) is 4.98 Å². The molecule has 4 rings (SSSR count). The summed E-state index contributed by atoms with van der Waals surface area (Å²) in [5, 5.41) is 0.847. The topological polar surface area (TPSA) is 60.5 Å². The van der Waals surface area contributed by atoms with Gasteiger partial charge in [0.15, 0.2) is 5.16 Å². The lowest BCUT2D eigenvalue weighted by molar-refractivity contribution is -0.127. The van der Waals surface area contributed by atoms with E-state index in [1.54, 1.807) is 11.9 Å². The van der Waals surface area contributed by atoms with Gasteiger partial charge < -0.3 is 18.6 Å². The Morgan fingerprint density at radius 3 is 2.80 bits per heavy atom. The predicted octanol–water partition coefficient (Wildman–Crippen LogP) is 4.38. The molecule has 1 aliphatic heterocycles. The Morgan fingerprint density at radius 2 is 2.10 bits per heavy atom. The fraction of sp³-hybridized carbons (Fsp3) is 0.391. The minimum absolute atomic E-state index is 0.0435. The summed E-state index contributed by atoms with van der Waals surface area (Å²) in [5.74, 6) is 2.01. The molecule has 1 saturated heterocycles. The monoisotopic (exact) mass is 425 g/mol. The Labute approximate surface area is 181 Å². The van der Waals surface area contributed by atoms with Crippen molar-refractivity contribution < 1.29 is 13.9 Å². The number of amides is 1. The van der Waals surface area contributed by atoms with Crippen LogP contribution in [0, 0.1) is 6.92 Å². The molecule has 0 aliphatic carbocycles. The van der Waals surface area contributed by atoms with Crippen LogP contribution in [0.25, 0.3) is 11.3 Å². The summed E-state index contributed by atoms with van der Waals surface area (Å²) in [6, 6.07) is 14.1. The quantitative estimate of drug-likeness (QED) is 0.501. The predicted molar refractivity (Wildman–Crippen MR) is 117 cm³/mol. The van der Waals surface area contributed by atoms with Crippen LogP contribution in [0.1, 0.15) is 24.4 Å². The van der Waals surface area contributed by atoms with Gasteiger partial charge in [0.25, 0.3) is 0 Å². The van der Waals surface area contributed by atoms with Gasteiger partial charge in [-0.15, -0.1) is 0 Å². The van der Waals surface area contributed by atoms with Gasteiger partial charge in [-0.1, -0.05) is 42.1 Å². The Morgan fingerprint density at radius 1 is 1.27 bits per heavy atom. The van der Waals surface area contributed by atoms with E-state index in [0.717, 1.165) is 53.9 Å². The van der Waals surface area contributed by atoms with E-state index in [1.165, 1.54) is 11.8 Å². The maximum atomic E-state index is 12.7. The number of ether oxygens (including phenoxy) is 1. The molecular formula is C23H27N3O3S. The van der Waals surface area contributed by atoms with Crippen molar-refractivity contribution in [2.75, 3.05) is 19.4 Å². The molecule has 3 aromatic rings. The molecule has 3 heterocycles. The zero-order valence-corrected chi connectivity index (χ0v) is 18.2. The van der Waals surface area contributed by atoms with Crippen molar-refractivity contribution in [1.29, 1.82) is 0 Å². The van der Waals surface area contributed by atoms with E-state index in [0.29, 0.717) is 12.3 Å². The number of furan rings is 1.